The third-order valence-electron chi connectivity index (χ3n) is 1.83. The largest absolute Gasteiger partial charge is 0.573 e. The highest BCUT2D eigenvalue weighted by Crippen LogP contribution is 2.31. The van der Waals surface area contributed by atoms with Crippen LogP contribution >= 0.6 is 22.6 Å². The van der Waals surface area contributed by atoms with Crippen LogP contribution in [0.2, 0.25) is 0 Å². The summed E-state index contributed by atoms with van der Waals surface area (Å²) in [6.07, 6.45) is -4.19. The smallest absolute Gasteiger partial charge is 0.481 e. The zero-order valence-electron chi connectivity index (χ0n) is 8.51. The Morgan fingerprint density at radius 3 is 2.65 bits per heavy atom. The Kier molecular flexibility index (Phi) is 4.17. The van der Waals surface area contributed by atoms with Crippen LogP contribution in [0.15, 0.2) is 6.20 Å². The molecule has 1 N–H and O–H groups in total. The van der Waals surface area contributed by atoms with Crippen molar-refractivity contribution in [3.05, 3.63) is 21.0 Å². The number of aliphatic carboxylic acids is 1. The van der Waals surface area contributed by atoms with Gasteiger partial charge in [0.15, 0.2) is 5.75 Å². The third kappa shape index (κ3) is 4.02. The summed E-state index contributed by atoms with van der Waals surface area (Å²) in [6.45, 7) is 1.41. The van der Waals surface area contributed by atoms with Gasteiger partial charge in [0.05, 0.1) is 12.1 Å². The van der Waals surface area contributed by atoms with Gasteiger partial charge in [-0.3, -0.25) is 9.78 Å². The molecule has 0 aliphatic carbocycles. The van der Waals surface area contributed by atoms with Gasteiger partial charge in [0.25, 0.3) is 0 Å². The molecule has 0 aliphatic heterocycles. The van der Waals surface area contributed by atoms with E-state index in [0.717, 1.165) is 0 Å². The van der Waals surface area contributed by atoms with Crippen molar-refractivity contribution in [2.75, 3.05) is 0 Å². The Bertz CT molecular complexity index is 448. The molecule has 94 valence electrons. The van der Waals surface area contributed by atoms with E-state index in [0.29, 0.717) is 3.57 Å². The number of rotatable bonds is 3. The maximum absolute atomic E-state index is 12.2. The first-order chi connectivity index (χ1) is 7.70. The average molecular weight is 361 g/mol. The van der Waals surface area contributed by atoms with E-state index >= 15 is 0 Å². The lowest BCUT2D eigenvalue weighted by molar-refractivity contribution is -0.275. The molecule has 1 aromatic rings. The molecule has 0 saturated heterocycles. The molecule has 0 bridgehead atoms. The topological polar surface area (TPSA) is 59.4 Å². The number of aromatic nitrogens is 1. The second kappa shape index (κ2) is 5.07. The number of carboxylic acid groups (broad SMARTS) is 1. The summed E-state index contributed by atoms with van der Waals surface area (Å²) in [5.74, 6) is -1.81. The first kappa shape index (κ1) is 14.0. The van der Waals surface area contributed by atoms with E-state index in [2.05, 4.69) is 9.72 Å². The maximum Gasteiger partial charge on any atom is 0.573 e. The van der Waals surface area contributed by atoms with Crippen LogP contribution in [0.4, 0.5) is 13.2 Å². The molecule has 0 unspecified atom stereocenters. The van der Waals surface area contributed by atoms with Crippen LogP contribution in [0, 0.1) is 10.5 Å². The lowest BCUT2D eigenvalue weighted by atomic mass is 10.2. The van der Waals surface area contributed by atoms with E-state index in [-0.39, 0.29) is 11.3 Å². The fourth-order valence-electron chi connectivity index (χ4n) is 1.14. The van der Waals surface area contributed by atoms with Crippen molar-refractivity contribution in [2.45, 2.75) is 19.7 Å². The highest BCUT2D eigenvalue weighted by molar-refractivity contribution is 14.1. The van der Waals surface area contributed by atoms with Crippen molar-refractivity contribution in [3.8, 4) is 5.75 Å². The monoisotopic (exact) mass is 361 g/mol. The number of pyridine rings is 1. The van der Waals surface area contributed by atoms with Gasteiger partial charge in [-0.05, 0) is 29.5 Å². The zero-order chi connectivity index (χ0) is 13.2. The van der Waals surface area contributed by atoms with Gasteiger partial charge in [-0.25, -0.2) is 0 Å². The lowest BCUT2D eigenvalue weighted by Gasteiger charge is -2.14. The number of nitrogens with zero attached hydrogens (tertiary/aromatic N) is 1. The van der Waals surface area contributed by atoms with Crippen LogP contribution in [0.3, 0.4) is 0 Å². The predicted molar refractivity (Wildman–Crippen MR) is 59.7 cm³/mol. The lowest BCUT2D eigenvalue weighted by Crippen LogP contribution is -2.20. The van der Waals surface area contributed by atoms with Crippen molar-refractivity contribution < 1.29 is 27.8 Å². The molecule has 4 nitrogen and oxygen atoms in total. The van der Waals surface area contributed by atoms with Crippen molar-refractivity contribution in [1.29, 1.82) is 0 Å². The number of ether oxygens (including phenoxy) is 1. The Morgan fingerprint density at radius 1 is 1.59 bits per heavy atom. The molecular formula is C9H7F3INO3. The number of carboxylic acids is 1. The van der Waals surface area contributed by atoms with Crippen molar-refractivity contribution in [3.63, 3.8) is 0 Å². The van der Waals surface area contributed by atoms with E-state index in [1.807, 2.05) is 0 Å². The summed E-state index contributed by atoms with van der Waals surface area (Å²) in [7, 11) is 0. The van der Waals surface area contributed by atoms with Gasteiger partial charge in [0, 0.05) is 15.3 Å². The first-order valence-corrected chi connectivity index (χ1v) is 5.40. The van der Waals surface area contributed by atoms with Crippen LogP contribution in [-0.4, -0.2) is 22.4 Å². The van der Waals surface area contributed by atoms with E-state index < -0.39 is 24.5 Å². The Hall–Kier alpha value is -1.06. The summed E-state index contributed by atoms with van der Waals surface area (Å²) in [5.41, 5.74) is -0.0260. The fourth-order valence-corrected chi connectivity index (χ4v) is 1.52. The second-order valence-corrected chi connectivity index (χ2v) is 4.29. The van der Waals surface area contributed by atoms with Crippen LogP contribution in [0.25, 0.3) is 0 Å². The number of hydrogen-bond donors (Lipinski definition) is 1. The predicted octanol–water partition coefficient (Wildman–Crippen LogP) is 2.52. The molecule has 1 rings (SSSR count). The zero-order valence-corrected chi connectivity index (χ0v) is 10.7. The molecule has 1 heterocycles. The van der Waals surface area contributed by atoms with Gasteiger partial charge < -0.3 is 9.84 Å². The highest BCUT2D eigenvalue weighted by atomic mass is 127. The summed E-state index contributed by atoms with van der Waals surface area (Å²) in [5, 5.41) is 8.57. The van der Waals surface area contributed by atoms with Crippen LogP contribution < -0.4 is 4.74 Å². The minimum absolute atomic E-state index is 0.217. The van der Waals surface area contributed by atoms with Gasteiger partial charge >= 0.3 is 12.3 Å². The molecule has 0 spiro atoms. The molecule has 0 amide bonds. The third-order valence-corrected chi connectivity index (χ3v) is 2.92. The molecule has 17 heavy (non-hydrogen) atoms. The van der Waals surface area contributed by atoms with Crippen molar-refractivity contribution in [2.24, 2.45) is 0 Å². The number of halogens is 4. The van der Waals surface area contributed by atoms with Gasteiger partial charge in [-0.15, -0.1) is 13.2 Å². The van der Waals surface area contributed by atoms with Gasteiger partial charge in [-0.1, -0.05) is 0 Å². The summed E-state index contributed by atoms with van der Waals surface area (Å²) < 4.78 is 40.8. The van der Waals surface area contributed by atoms with Crippen molar-refractivity contribution in [1.82, 2.24) is 4.98 Å². The Labute approximate surface area is 108 Å². The van der Waals surface area contributed by atoms with Gasteiger partial charge in [-0.2, -0.15) is 0 Å². The number of hydrogen-bond acceptors (Lipinski definition) is 3. The molecule has 0 atom stereocenters. The van der Waals surface area contributed by atoms with E-state index in [1.54, 1.807) is 22.6 Å². The second-order valence-electron chi connectivity index (χ2n) is 3.13. The standard InChI is InChI=1S/C9H7F3INO3/c1-4-5(13)3-14-6(2-7(15)16)8(4)17-9(10,11)12/h3H,2H2,1H3,(H,15,16). The number of alkyl halides is 3. The van der Waals surface area contributed by atoms with Crippen LogP contribution in [0.5, 0.6) is 5.75 Å². The normalized spacial score (nSPS) is 11.4. The van der Waals surface area contributed by atoms with Crippen LogP contribution in [0.1, 0.15) is 11.3 Å². The molecular weight excluding hydrogens is 354 g/mol. The molecule has 0 saturated carbocycles. The van der Waals surface area contributed by atoms with Gasteiger partial charge in [0.1, 0.15) is 0 Å². The van der Waals surface area contributed by atoms with Gasteiger partial charge in [0.2, 0.25) is 0 Å². The Balaban J connectivity index is 3.21. The molecule has 0 fully saturated rings. The van der Waals surface area contributed by atoms with E-state index in [9.17, 15) is 18.0 Å². The SMILES string of the molecule is Cc1c(I)cnc(CC(=O)O)c1OC(F)(F)F. The average Bonchev–Trinajstić information content (AvgIpc) is 2.15. The molecule has 8 heteroatoms. The molecule has 0 aliphatic rings. The minimum atomic E-state index is -4.87. The molecule has 0 radical (unpaired) electrons. The summed E-state index contributed by atoms with van der Waals surface area (Å²) in [4.78, 5) is 14.2. The maximum atomic E-state index is 12.2. The fraction of sp³-hybridized carbons (Fsp3) is 0.333. The molecule has 0 aromatic carbocycles. The molecule has 1 aromatic heterocycles. The quantitative estimate of drug-likeness (QED) is 0.841. The van der Waals surface area contributed by atoms with E-state index in [4.69, 9.17) is 5.11 Å². The van der Waals surface area contributed by atoms with Crippen molar-refractivity contribution >= 4 is 28.6 Å². The highest BCUT2D eigenvalue weighted by Gasteiger charge is 2.33. The van der Waals surface area contributed by atoms with E-state index in [1.165, 1.54) is 13.1 Å². The summed E-state index contributed by atoms with van der Waals surface area (Å²) >= 11 is 1.79. The van der Waals surface area contributed by atoms with Crippen LogP contribution in [-0.2, 0) is 11.2 Å². The number of carbonyl (C=O) groups is 1. The summed E-state index contributed by atoms with van der Waals surface area (Å²) in [6, 6.07) is 0. The first-order valence-electron chi connectivity index (χ1n) is 4.32. The minimum Gasteiger partial charge on any atom is -0.481 e. The Morgan fingerprint density at radius 2 is 2.18 bits per heavy atom.